The highest BCUT2D eigenvalue weighted by Crippen LogP contribution is 2.33. The number of para-hydroxylation sites is 1. The number of carbonyl (C=O) groups is 1. The Morgan fingerprint density at radius 2 is 1.88 bits per heavy atom. The summed E-state index contributed by atoms with van der Waals surface area (Å²) >= 11 is 0. The van der Waals surface area contributed by atoms with Gasteiger partial charge in [0.1, 0.15) is 23.3 Å². The highest BCUT2D eigenvalue weighted by atomic mass is 16.3. The number of hydrazone groups is 1. The zero-order valence-corrected chi connectivity index (χ0v) is 14.4. The van der Waals surface area contributed by atoms with Gasteiger partial charge in [0.15, 0.2) is 0 Å². The molecule has 0 unspecified atom stereocenters. The van der Waals surface area contributed by atoms with Crippen molar-refractivity contribution in [1.82, 2.24) is 5.01 Å². The van der Waals surface area contributed by atoms with E-state index < -0.39 is 0 Å². The Bertz CT molecular complexity index is 886. The lowest BCUT2D eigenvalue weighted by Crippen LogP contribution is -2.36. The predicted molar refractivity (Wildman–Crippen MR) is 97.9 cm³/mol. The van der Waals surface area contributed by atoms with E-state index in [4.69, 9.17) is 8.83 Å². The highest BCUT2D eigenvalue weighted by Gasteiger charge is 2.35. The molecule has 0 aliphatic carbocycles. The maximum atomic E-state index is 13.0. The molecular weight excluding hydrogens is 330 g/mol. The van der Waals surface area contributed by atoms with E-state index in [0.717, 1.165) is 11.4 Å². The van der Waals surface area contributed by atoms with Crippen molar-refractivity contribution in [2.45, 2.75) is 12.5 Å². The minimum Gasteiger partial charge on any atom is -0.467 e. The van der Waals surface area contributed by atoms with Crippen molar-refractivity contribution in [3.05, 3.63) is 78.6 Å². The molecule has 1 aromatic carbocycles. The van der Waals surface area contributed by atoms with Crippen LogP contribution in [0.2, 0.25) is 0 Å². The summed E-state index contributed by atoms with van der Waals surface area (Å²) in [7, 11) is 1.89. The van der Waals surface area contributed by atoms with Crippen LogP contribution in [0, 0.1) is 0 Å². The second-order valence-corrected chi connectivity index (χ2v) is 6.19. The molecule has 1 amide bonds. The van der Waals surface area contributed by atoms with Crippen LogP contribution < -0.4 is 4.90 Å². The molecule has 0 radical (unpaired) electrons. The third-order valence-corrected chi connectivity index (χ3v) is 4.41. The average molecular weight is 349 g/mol. The summed E-state index contributed by atoms with van der Waals surface area (Å²) in [4.78, 5) is 14.9. The summed E-state index contributed by atoms with van der Waals surface area (Å²) in [5, 5.41) is 6.04. The van der Waals surface area contributed by atoms with Gasteiger partial charge in [-0.05, 0) is 36.4 Å². The number of anilines is 1. The number of nitrogens with zero attached hydrogens (tertiary/aromatic N) is 3. The Kier molecular flexibility index (Phi) is 4.31. The first-order valence-electron chi connectivity index (χ1n) is 8.45. The summed E-state index contributed by atoms with van der Waals surface area (Å²) in [5.74, 6) is 1.29. The Labute approximate surface area is 151 Å². The molecule has 3 heterocycles. The van der Waals surface area contributed by atoms with Gasteiger partial charge >= 0.3 is 0 Å². The number of furan rings is 2. The Morgan fingerprint density at radius 3 is 2.58 bits per heavy atom. The molecule has 0 bridgehead atoms. The van der Waals surface area contributed by atoms with Gasteiger partial charge in [0.2, 0.25) is 0 Å². The van der Waals surface area contributed by atoms with E-state index in [1.54, 1.807) is 12.5 Å². The molecular formula is C20H19N3O3. The number of carbonyl (C=O) groups excluding carboxylic acids is 1. The van der Waals surface area contributed by atoms with Crippen LogP contribution in [0.25, 0.3) is 0 Å². The number of hydrogen-bond acceptors (Lipinski definition) is 5. The van der Waals surface area contributed by atoms with E-state index in [2.05, 4.69) is 5.10 Å². The molecule has 0 fully saturated rings. The molecule has 1 atom stereocenters. The van der Waals surface area contributed by atoms with E-state index in [1.807, 2.05) is 66.5 Å². The van der Waals surface area contributed by atoms with Crippen LogP contribution >= 0.6 is 0 Å². The van der Waals surface area contributed by atoms with Crippen LogP contribution in [0.1, 0.15) is 24.0 Å². The summed E-state index contributed by atoms with van der Waals surface area (Å²) in [5.41, 5.74) is 1.72. The first-order valence-corrected chi connectivity index (χ1v) is 8.45. The third-order valence-electron chi connectivity index (χ3n) is 4.41. The minimum absolute atomic E-state index is 0.0979. The van der Waals surface area contributed by atoms with Crippen molar-refractivity contribution in [2.75, 3.05) is 18.5 Å². The summed E-state index contributed by atoms with van der Waals surface area (Å²) in [6, 6.07) is 16.9. The topological polar surface area (TPSA) is 62.2 Å². The maximum Gasteiger partial charge on any atom is 0.262 e. The molecule has 2 aromatic heterocycles. The zero-order chi connectivity index (χ0) is 17.9. The smallest absolute Gasteiger partial charge is 0.262 e. The number of likely N-dealkylation sites (N-methyl/N-ethyl adjacent to an activating group) is 1. The Balaban J connectivity index is 1.57. The molecule has 6 nitrogen and oxygen atoms in total. The average Bonchev–Trinajstić information content (AvgIpc) is 3.42. The van der Waals surface area contributed by atoms with E-state index in [-0.39, 0.29) is 18.5 Å². The number of amides is 1. The van der Waals surface area contributed by atoms with Gasteiger partial charge in [-0.25, -0.2) is 5.01 Å². The Hall–Kier alpha value is -3.28. The van der Waals surface area contributed by atoms with Crippen LogP contribution in [-0.2, 0) is 4.79 Å². The summed E-state index contributed by atoms with van der Waals surface area (Å²) < 4.78 is 11.0. The monoisotopic (exact) mass is 349 g/mol. The molecule has 1 aliphatic heterocycles. The number of rotatable bonds is 5. The van der Waals surface area contributed by atoms with Gasteiger partial charge in [0.05, 0.1) is 19.1 Å². The molecule has 3 aromatic rings. The van der Waals surface area contributed by atoms with E-state index in [0.29, 0.717) is 17.9 Å². The molecule has 26 heavy (non-hydrogen) atoms. The fourth-order valence-corrected chi connectivity index (χ4v) is 3.08. The zero-order valence-electron chi connectivity index (χ0n) is 14.4. The fraction of sp³-hybridized carbons (Fsp3) is 0.200. The number of hydrogen-bond donors (Lipinski definition) is 0. The lowest BCUT2D eigenvalue weighted by Gasteiger charge is -2.24. The molecule has 132 valence electrons. The highest BCUT2D eigenvalue weighted by molar-refractivity contribution is 6.01. The number of benzene rings is 1. The predicted octanol–water partition coefficient (Wildman–Crippen LogP) is 3.69. The van der Waals surface area contributed by atoms with Crippen LogP contribution in [-0.4, -0.2) is 30.2 Å². The lowest BCUT2D eigenvalue weighted by atomic mass is 10.1. The second kappa shape index (κ2) is 6.92. The van der Waals surface area contributed by atoms with E-state index in [1.165, 1.54) is 5.01 Å². The molecule has 1 aliphatic rings. The first kappa shape index (κ1) is 16.2. The molecule has 0 saturated carbocycles. The SMILES string of the molecule is CN(CC(=O)N1N=C(c2ccco2)C[C@H]1c1ccco1)c1ccccc1. The summed E-state index contributed by atoms with van der Waals surface area (Å²) in [6.45, 7) is 0.218. The lowest BCUT2D eigenvalue weighted by molar-refractivity contribution is -0.131. The minimum atomic E-state index is -0.262. The van der Waals surface area contributed by atoms with Gasteiger partial charge in [-0.1, -0.05) is 18.2 Å². The first-order chi connectivity index (χ1) is 12.7. The fourth-order valence-electron chi connectivity index (χ4n) is 3.08. The van der Waals surface area contributed by atoms with E-state index in [9.17, 15) is 4.79 Å². The molecule has 0 saturated heterocycles. The van der Waals surface area contributed by atoms with Gasteiger partial charge in [0.25, 0.3) is 5.91 Å². The third kappa shape index (κ3) is 3.13. The largest absolute Gasteiger partial charge is 0.467 e. The second-order valence-electron chi connectivity index (χ2n) is 6.19. The maximum absolute atomic E-state index is 13.0. The molecule has 0 N–H and O–H groups in total. The molecule has 0 spiro atoms. The molecule has 4 rings (SSSR count). The van der Waals surface area contributed by atoms with Crippen LogP contribution in [0.15, 0.2) is 81.1 Å². The van der Waals surface area contributed by atoms with Gasteiger partial charge in [0, 0.05) is 19.2 Å². The molecule has 6 heteroatoms. The summed E-state index contributed by atoms with van der Waals surface area (Å²) in [6.07, 6.45) is 3.77. The van der Waals surface area contributed by atoms with Crippen molar-refractivity contribution in [3.8, 4) is 0 Å². The van der Waals surface area contributed by atoms with Crippen molar-refractivity contribution in [2.24, 2.45) is 5.10 Å². The standard InChI is InChI=1S/C20H19N3O3/c1-22(15-7-3-2-4-8-15)14-20(24)23-17(19-10-6-12-26-19)13-16(21-23)18-9-5-11-25-18/h2-12,17H,13-14H2,1H3/t17-/m0/s1. The van der Waals surface area contributed by atoms with Gasteiger partial charge in [-0.15, -0.1) is 0 Å². The normalized spacial score (nSPS) is 16.6. The van der Waals surface area contributed by atoms with Crippen molar-refractivity contribution in [3.63, 3.8) is 0 Å². The van der Waals surface area contributed by atoms with Gasteiger partial charge < -0.3 is 13.7 Å². The van der Waals surface area contributed by atoms with Crippen LogP contribution in [0.5, 0.6) is 0 Å². The van der Waals surface area contributed by atoms with Crippen molar-refractivity contribution < 1.29 is 13.6 Å². The van der Waals surface area contributed by atoms with Crippen molar-refractivity contribution in [1.29, 1.82) is 0 Å². The van der Waals surface area contributed by atoms with Crippen LogP contribution in [0.4, 0.5) is 5.69 Å². The van der Waals surface area contributed by atoms with Crippen molar-refractivity contribution >= 4 is 17.3 Å². The quantitative estimate of drug-likeness (QED) is 0.705. The Morgan fingerprint density at radius 1 is 1.12 bits per heavy atom. The van der Waals surface area contributed by atoms with E-state index >= 15 is 0 Å². The van der Waals surface area contributed by atoms with Gasteiger partial charge in [-0.3, -0.25) is 4.79 Å². The van der Waals surface area contributed by atoms with Gasteiger partial charge in [-0.2, -0.15) is 5.10 Å². The van der Waals surface area contributed by atoms with Crippen LogP contribution in [0.3, 0.4) is 0 Å².